The summed E-state index contributed by atoms with van der Waals surface area (Å²) in [6, 6.07) is 11.9. The van der Waals surface area contributed by atoms with E-state index in [2.05, 4.69) is 20.9 Å². The van der Waals surface area contributed by atoms with Crippen molar-refractivity contribution in [2.24, 2.45) is 0 Å². The summed E-state index contributed by atoms with van der Waals surface area (Å²) in [6.45, 7) is 1.63. The van der Waals surface area contributed by atoms with Crippen molar-refractivity contribution < 1.29 is 23.8 Å². The molecule has 1 aliphatic rings. The topological polar surface area (TPSA) is 128 Å². The van der Waals surface area contributed by atoms with E-state index in [1.165, 1.54) is 20.1 Å². The summed E-state index contributed by atoms with van der Waals surface area (Å²) in [5, 5.41) is 8.71. The summed E-state index contributed by atoms with van der Waals surface area (Å²) in [5.74, 6) is 0.934. The summed E-state index contributed by atoms with van der Waals surface area (Å²) in [5.41, 5.74) is 3.71. The zero-order valence-electron chi connectivity index (χ0n) is 22.4. The first kappa shape index (κ1) is 27.4. The second-order valence-electron chi connectivity index (χ2n) is 9.05. The van der Waals surface area contributed by atoms with Crippen LogP contribution in [0.1, 0.15) is 36.2 Å². The quantitative estimate of drug-likeness (QED) is 0.384. The Morgan fingerprint density at radius 1 is 1.03 bits per heavy atom. The van der Waals surface area contributed by atoms with Gasteiger partial charge < -0.3 is 30.2 Å². The van der Waals surface area contributed by atoms with Gasteiger partial charge in [0.25, 0.3) is 0 Å². The number of fused-ring (bicyclic) bond motifs is 3. The minimum Gasteiger partial charge on any atom is -0.493 e. The van der Waals surface area contributed by atoms with Gasteiger partial charge in [0.2, 0.25) is 23.0 Å². The molecule has 1 unspecified atom stereocenters. The van der Waals surface area contributed by atoms with Gasteiger partial charge in [0.15, 0.2) is 11.5 Å². The lowest BCUT2D eigenvalue weighted by molar-refractivity contribution is -0.120. The van der Waals surface area contributed by atoms with Gasteiger partial charge in [-0.1, -0.05) is 12.1 Å². The largest absolute Gasteiger partial charge is 0.493 e. The van der Waals surface area contributed by atoms with Crippen molar-refractivity contribution >= 4 is 17.5 Å². The lowest BCUT2D eigenvalue weighted by atomic mass is 9.95. The highest BCUT2D eigenvalue weighted by atomic mass is 16.5. The molecule has 3 aromatic rings. The lowest BCUT2D eigenvalue weighted by Gasteiger charge is -2.19. The molecular formula is C29H32N4O6. The fourth-order valence-corrected chi connectivity index (χ4v) is 4.78. The molecule has 0 bridgehead atoms. The van der Waals surface area contributed by atoms with Gasteiger partial charge in [-0.3, -0.25) is 19.4 Å². The lowest BCUT2D eigenvalue weighted by Crippen LogP contribution is -2.30. The maximum atomic E-state index is 13.3. The number of nitrogens with one attached hydrogen (secondary N) is 3. The molecular weight excluding hydrogens is 500 g/mol. The third-order valence-corrected chi connectivity index (χ3v) is 6.55. The highest BCUT2D eigenvalue weighted by Crippen LogP contribution is 2.50. The molecule has 1 heterocycles. The molecule has 0 saturated carbocycles. The summed E-state index contributed by atoms with van der Waals surface area (Å²) in [4.78, 5) is 42.0. The molecule has 0 aliphatic heterocycles. The van der Waals surface area contributed by atoms with Crippen LogP contribution < -0.4 is 35.6 Å². The summed E-state index contributed by atoms with van der Waals surface area (Å²) < 4.78 is 17.0. The molecule has 39 heavy (non-hydrogen) atoms. The van der Waals surface area contributed by atoms with Crippen LogP contribution in [-0.4, -0.2) is 44.7 Å². The number of nitrogens with zero attached hydrogens (tertiary/aromatic N) is 1. The molecule has 0 radical (unpaired) electrons. The number of hydrogen-bond acceptors (Lipinski definition) is 8. The van der Waals surface area contributed by atoms with E-state index in [1.807, 2.05) is 18.2 Å². The average molecular weight is 533 g/mol. The number of ether oxygens (including phenoxy) is 3. The molecule has 0 fully saturated rings. The van der Waals surface area contributed by atoms with E-state index in [-0.39, 0.29) is 36.0 Å². The minimum atomic E-state index is -0.416. The van der Waals surface area contributed by atoms with Crippen LogP contribution in [0.2, 0.25) is 0 Å². The number of anilines is 1. The molecule has 0 saturated heterocycles. The van der Waals surface area contributed by atoms with Crippen molar-refractivity contribution in [1.82, 2.24) is 15.6 Å². The Morgan fingerprint density at radius 3 is 2.49 bits per heavy atom. The second kappa shape index (κ2) is 12.3. The Labute approximate surface area is 226 Å². The number of hydrogen-bond donors (Lipinski definition) is 3. The normalized spacial score (nSPS) is 13.7. The first-order chi connectivity index (χ1) is 18.9. The second-order valence-corrected chi connectivity index (χ2v) is 9.05. The van der Waals surface area contributed by atoms with Crippen LogP contribution in [0.25, 0.3) is 11.1 Å². The van der Waals surface area contributed by atoms with Crippen molar-refractivity contribution in [3.63, 3.8) is 0 Å². The SMILES string of the molecule is COc1cc2c(c(OC)c1OC)-c1ccc(NCC(=O)NCc3ccccn3)c(=O)cc1C(NC(C)=O)CC2. The summed E-state index contributed by atoms with van der Waals surface area (Å²) in [7, 11) is 4.64. The fraction of sp³-hybridized carbons (Fsp3) is 0.310. The number of aryl methyl sites for hydroxylation is 1. The Balaban J connectivity index is 1.73. The highest BCUT2D eigenvalue weighted by Gasteiger charge is 2.29. The van der Waals surface area contributed by atoms with Gasteiger partial charge in [0, 0.05) is 18.7 Å². The number of aromatic nitrogens is 1. The van der Waals surface area contributed by atoms with Crippen LogP contribution in [0.15, 0.2) is 53.5 Å². The third kappa shape index (κ3) is 6.11. The van der Waals surface area contributed by atoms with Gasteiger partial charge >= 0.3 is 0 Å². The maximum absolute atomic E-state index is 13.3. The van der Waals surface area contributed by atoms with Crippen molar-refractivity contribution in [1.29, 1.82) is 0 Å². The number of amides is 2. The van der Waals surface area contributed by atoms with Gasteiger partial charge in [0.05, 0.1) is 51.8 Å². The van der Waals surface area contributed by atoms with Crippen LogP contribution in [-0.2, 0) is 22.6 Å². The maximum Gasteiger partial charge on any atom is 0.239 e. The zero-order chi connectivity index (χ0) is 27.9. The molecule has 1 atom stereocenters. The zero-order valence-corrected chi connectivity index (χ0v) is 22.4. The molecule has 10 heteroatoms. The summed E-state index contributed by atoms with van der Waals surface area (Å²) in [6.07, 6.45) is 2.82. The highest BCUT2D eigenvalue weighted by molar-refractivity contribution is 5.84. The number of methoxy groups -OCH3 is 3. The average Bonchev–Trinajstić information content (AvgIpc) is 3.18. The van der Waals surface area contributed by atoms with Crippen LogP contribution in [0, 0.1) is 0 Å². The van der Waals surface area contributed by atoms with Crippen molar-refractivity contribution in [3.05, 3.63) is 75.7 Å². The number of pyridine rings is 1. The molecule has 3 N–H and O–H groups in total. The van der Waals surface area contributed by atoms with Crippen LogP contribution in [0.4, 0.5) is 5.69 Å². The van der Waals surface area contributed by atoms with Gasteiger partial charge in [0.1, 0.15) is 0 Å². The van der Waals surface area contributed by atoms with E-state index in [0.29, 0.717) is 41.2 Å². The third-order valence-electron chi connectivity index (χ3n) is 6.55. The molecule has 10 nitrogen and oxygen atoms in total. The predicted octanol–water partition coefficient (Wildman–Crippen LogP) is 2.99. The first-order valence-corrected chi connectivity index (χ1v) is 12.5. The van der Waals surface area contributed by atoms with E-state index in [0.717, 1.165) is 16.8 Å². The molecule has 0 spiro atoms. The van der Waals surface area contributed by atoms with E-state index in [1.54, 1.807) is 38.6 Å². The Bertz CT molecular complexity index is 1430. The van der Waals surface area contributed by atoms with E-state index in [9.17, 15) is 14.4 Å². The number of benzene rings is 1. The van der Waals surface area contributed by atoms with Crippen LogP contribution in [0.3, 0.4) is 0 Å². The fourth-order valence-electron chi connectivity index (χ4n) is 4.78. The van der Waals surface area contributed by atoms with Crippen molar-refractivity contribution in [2.75, 3.05) is 33.2 Å². The number of carbonyl (C=O) groups is 2. The van der Waals surface area contributed by atoms with Gasteiger partial charge in [-0.2, -0.15) is 0 Å². The molecule has 204 valence electrons. The molecule has 1 aliphatic carbocycles. The standard InChI is InChI=1S/C29H32N4O6/c1-17(34)33-22-10-8-18-13-25(37-2)28(38-3)29(39-4)27(18)20-9-11-23(24(35)14-21(20)22)31-16-26(36)32-15-19-7-5-6-12-30-19/h5-7,9,11-14,22H,8,10,15-16H2,1-4H3,(H,31,35)(H,32,36)(H,33,34). The Morgan fingerprint density at radius 2 is 1.82 bits per heavy atom. The molecule has 2 amide bonds. The van der Waals surface area contributed by atoms with E-state index >= 15 is 0 Å². The Kier molecular flexibility index (Phi) is 8.65. The van der Waals surface area contributed by atoms with Crippen LogP contribution >= 0.6 is 0 Å². The van der Waals surface area contributed by atoms with Crippen LogP contribution in [0.5, 0.6) is 17.2 Å². The predicted molar refractivity (Wildman–Crippen MR) is 147 cm³/mol. The summed E-state index contributed by atoms with van der Waals surface area (Å²) >= 11 is 0. The minimum absolute atomic E-state index is 0.100. The number of rotatable bonds is 9. The van der Waals surface area contributed by atoms with Crippen molar-refractivity contribution in [3.8, 4) is 28.4 Å². The van der Waals surface area contributed by atoms with Gasteiger partial charge in [-0.05, 0) is 59.9 Å². The monoisotopic (exact) mass is 532 g/mol. The van der Waals surface area contributed by atoms with E-state index < -0.39 is 6.04 Å². The van der Waals surface area contributed by atoms with Gasteiger partial charge in [-0.15, -0.1) is 0 Å². The number of carbonyl (C=O) groups excluding carboxylic acids is 2. The molecule has 4 rings (SSSR count). The smallest absolute Gasteiger partial charge is 0.239 e. The first-order valence-electron chi connectivity index (χ1n) is 12.5. The molecule has 1 aromatic heterocycles. The van der Waals surface area contributed by atoms with Gasteiger partial charge in [-0.25, -0.2) is 0 Å². The van der Waals surface area contributed by atoms with Crippen molar-refractivity contribution in [2.45, 2.75) is 32.4 Å². The Hall–Kier alpha value is -4.60. The molecule has 2 aromatic carbocycles. The van der Waals surface area contributed by atoms with E-state index in [4.69, 9.17) is 14.2 Å².